The Balaban J connectivity index is 1.39. The second kappa shape index (κ2) is 7.14. The van der Waals surface area contributed by atoms with Gasteiger partial charge in [-0.05, 0) is 25.5 Å². The standard InChI is InChI=1S/C19H25N7O2/c1-12-7-14(25(3)21-12)10-20-17-9-18(23-26(4)19(17)27)28-11-13-8-15(13)16-5-6-24(2)22-16/h5-7,9,13,15,20H,8,10-11H2,1-4H3. The van der Waals surface area contributed by atoms with E-state index in [9.17, 15) is 4.79 Å². The minimum absolute atomic E-state index is 0.191. The topological polar surface area (TPSA) is 91.8 Å². The molecule has 0 aromatic carbocycles. The van der Waals surface area contributed by atoms with E-state index in [1.807, 2.05) is 38.0 Å². The monoisotopic (exact) mass is 383 g/mol. The Morgan fingerprint density at radius 3 is 2.68 bits per heavy atom. The second-order valence-corrected chi connectivity index (χ2v) is 7.41. The summed E-state index contributed by atoms with van der Waals surface area (Å²) in [7, 11) is 5.44. The number of anilines is 1. The number of rotatable bonds is 7. The number of hydrogen-bond donors (Lipinski definition) is 1. The smallest absolute Gasteiger partial charge is 0.290 e. The molecule has 3 aromatic rings. The lowest BCUT2D eigenvalue weighted by molar-refractivity contribution is 0.278. The van der Waals surface area contributed by atoms with Gasteiger partial charge in [-0.25, -0.2) is 4.68 Å². The molecule has 1 N–H and O–H groups in total. The summed E-state index contributed by atoms with van der Waals surface area (Å²) < 4.78 is 10.8. The third kappa shape index (κ3) is 3.78. The molecule has 4 rings (SSSR count). The molecule has 1 saturated carbocycles. The van der Waals surface area contributed by atoms with Crippen LogP contribution >= 0.6 is 0 Å². The van der Waals surface area contributed by atoms with Crippen molar-refractivity contribution in [2.45, 2.75) is 25.8 Å². The summed E-state index contributed by atoms with van der Waals surface area (Å²) in [5.74, 6) is 1.32. The lowest BCUT2D eigenvalue weighted by Gasteiger charge is -2.10. The second-order valence-electron chi connectivity index (χ2n) is 7.41. The Morgan fingerprint density at radius 2 is 2.00 bits per heavy atom. The highest BCUT2D eigenvalue weighted by Gasteiger charge is 2.40. The van der Waals surface area contributed by atoms with E-state index in [0.29, 0.717) is 36.6 Å². The van der Waals surface area contributed by atoms with Gasteiger partial charge in [-0.2, -0.15) is 10.2 Å². The van der Waals surface area contributed by atoms with Crippen molar-refractivity contribution in [2.75, 3.05) is 11.9 Å². The van der Waals surface area contributed by atoms with E-state index in [0.717, 1.165) is 23.5 Å². The van der Waals surface area contributed by atoms with Gasteiger partial charge < -0.3 is 10.1 Å². The summed E-state index contributed by atoms with van der Waals surface area (Å²) >= 11 is 0. The van der Waals surface area contributed by atoms with Crippen LogP contribution in [0.4, 0.5) is 5.69 Å². The summed E-state index contributed by atoms with van der Waals surface area (Å²) in [6, 6.07) is 5.71. The molecule has 2 atom stereocenters. The maximum atomic E-state index is 12.4. The average Bonchev–Trinajstić information content (AvgIpc) is 3.18. The molecular formula is C19H25N7O2. The molecule has 9 heteroatoms. The highest BCUT2D eigenvalue weighted by molar-refractivity contribution is 5.43. The van der Waals surface area contributed by atoms with Gasteiger partial charge in [0.25, 0.3) is 5.56 Å². The Bertz CT molecular complexity index is 1050. The zero-order chi connectivity index (χ0) is 19.8. The lowest BCUT2D eigenvalue weighted by Crippen LogP contribution is -2.24. The van der Waals surface area contributed by atoms with Crippen LogP contribution in [0, 0.1) is 12.8 Å². The molecule has 0 aliphatic heterocycles. The van der Waals surface area contributed by atoms with Crippen LogP contribution in [0.25, 0.3) is 0 Å². The maximum Gasteiger partial charge on any atom is 0.290 e. The third-order valence-corrected chi connectivity index (χ3v) is 5.08. The fourth-order valence-corrected chi connectivity index (χ4v) is 3.41. The largest absolute Gasteiger partial charge is 0.476 e. The number of hydrogen-bond acceptors (Lipinski definition) is 6. The van der Waals surface area contributed by atoms with Crippen LogP contribution in [0.1, 0.15) is 29.4 Å². The van der Waals surface area contributed by atoms with E-state index >= 15 is 0 Å². The van der Waals surface area contributed by atoms with Gasteiger partial charge in [0.15, 0.2) is 0 Å². The van der Waals surface area contributed by atoms with E-state index in [1.54, 1.807) is 17.8 Å². The number of aryl methyl sites for hydroxylation is 4. The van der Waals surface area contributed by atoms with Crippen molar-refractivity contribution in [3.8, 4) is 5.88 Å². The molecule has 9 nitrogen and oxygen atoms in total. The van der Waals surface area contributed by atoms with Gasteiger partial charge in [-0.1, -0.05) is 0 Å². The van der Waals surface area contributed by atoms with Crippen LogP contribution in [0.2, 0.25) is 0 Å². The highest BCUT2D eigenvalue weighted by atomic mass is 16.5. The zero-order valence-electron chi connectivity index (χ0n) is 16.6. The van der Waals surface area contributed by atoms with Crippen molar-refractivity contribution in [2.24, 2.45) is 27.1 Å². The zero-order valence-corrected chi connectivity index (χ0v) is 16.6. The summed E-state index contributed by atoms with van der Waals surface area (Å²) in [4.78, 5) is 12.4. The molecule has 148 valence electrons. The van der Waals surface area contributed by atoms with Crippen molar-refractivity contribution in [1.29, 1.82) is 0 Å². The summed E-state index contributed by atoms with van der Waals surface area (Å²) in [5.41, 5.74) is 3.32. The van der Waals surface area contributed by atoms with Gasteiger partial charge in [0.2, 0.25) is 5.88 Å². The first-order valence-electron chi connectivity index (χ1n) is 9.35. The van der Waals surface area contributed by atoms with Crippen molar-refractivity contribution < 1.29 is 4.74 Å². The van der Waals surface area contributed by atoms with E-state index in [-0.39, 0.29) is 5.56 Å². The first-order valence-corrected chi connectivity index (χ1v) is 9.35. The first kappa shape index (κ1) is 18.3. The Labute approximate surface area is 162 Å². The van der Waals surface area contributed by atoms with E-state index in [1.165, 1.54) is 4.68 Å². The number of ether oxygens (including phenoxy) is 1. The number of aromatic nitrogens is 6. The molecular weight excluding hydrogens is 358 g/mol. The molecule has 0 radical (unpaired) electrons. The van der Waals surface area contributed by atoms with Crippen molar-refractivity contribution in [3.63, 3.8) is 0 Å². The molecule has 1 aliphatic rings. The number of nitrogens with one attached hydrogen (secondary N) is 1. The molecule has 0 saturated heterocycles. The van der Waals surface area contributed by atoms with E-state index in [4.69, 9.17) is 4.74 Å². The quantitative estimate of drug-likeness (QED) is 0.662. The Morgan fingerprint density at radius 1 is 1.18 bits per heavy atom. The normalized spacial score (nSPS) is 18.3. The van der Waals surface area contributed by atoms with Crippen molar-refractivity contribution in [3.05, 3.63) is 51.8 Å². The molecule has 1 aliphatic carbocycles. The molecule has 0 amide bonds. The molecule has 1 fully saturated rings. The molecule has 3 aromatic heterocycles. The van der Waals surface area contributed by atoms with Crippen LogP contribution < -0.4 is 15.6 Å². The Hall–Kier alpha value is -3.10. The minimum atomic E-state index is -0.191. The number of nitrogens with zero attached hydrogens (tertiary/aromatic N) is 6. The maximum absolute atomic E-state index is 12.4. The highest BCUT2D eigenvalue weighted by Crippen LogP contribution is 2.46. The van der Waals surface area contributed by atoms with Gasteiger partial charge in [-0.15, -0.1) is 5.10 Å². The van der Waals surface area contributed by atoms with E-state index in [2.05, 4.69) is 26.7 Å². The Kier molecular flexibility index (Phi) is 4.66. The summed E-state index contributed by atoms with van der Waals surface area (Å²) in [5, 5.41) is 16.2. The average molecular weight is 383 g/mol. The molecule has 0 spiro atoms. The van der Waals surface area contributed by atoms with Gasteiger partial charge in [0.05, 0.1) is 30.2 Å². The lowest BCUT2D eigenvalue weighted by atomic mass is 10.2. The van der Waals surface area contributed by atoms with Crippen molar-refractivity contribution >= 4 is 5.69 Å². The fourth-order valence-electron chi connectivity index (χ4n) is 3.41. The summed E-state index contributed by atoms with van der Waals surface area (Å²) in [6.07, 6.45) is 3.02. The predicted molar refractivity (Wildman–Crippen MR) is 104 cm³/mol. The van der Waals surface area contributed by atoms with Crippen LogP contribution in [0.5, 0.6) is 5.88 Å². The van der Waals surface area contributed by atoms with Crippen LogP contribution in [-0.4, -0.2) is 35.9 Å². The molecule has 0 bridgehead atoms. The van der Waals surface area contributed by atoms with Crippen LogP contribution in [-0.2, 0) is 27.7 Å². The van der Waals surface area contributed by atoms with Gasteiger partial charge in [-0.3, -0.25) is 14.2 Å². The molecule has 3 heterocycles. The SMILES string of the molecule is Cc1cc(CNc2cc(OCC3CC3c3ccn(C)n3)nn(C)c2=O)n(C)n1. The van der Waals surface area contributed by atoms with Crippen molar-refractivity contribution in [1.82, 2.24) is 29.3 Å². The first-order chi connectivity index (χ1) is 13.4. The van der Waals surface area contributed by atoms with Crippen LogP contribution in [0.15, 0.2) is 29.2 Å². The summed E-state index contributed by atoms with van der Waals surface area (Å²) in [6.45, 7) is 3.00. The predicted octanol–water partition coefficient (Wildman–Crippen LogP) is 1.35. The third-order valence-electron chi connectivity index (χ3n) is 5.08. The molecule has 28 heavy (non-hydrogen) atoms. The van der Waals surface area contributed by atoms with Gasteiger partial charge in [0, 0.05) is 45.2 Å². The van der Waals surface area contributed by atoms with Crippen LogP contribution in [0.3, 0.4) is 0 Å². The fraction of sp³-hybridized carbons (Fsp3) is 0.474. The van der Waals surface area contributed by atoms with Gasteiger partial charge >= 0.3 is 0 Å². The van der Waals surface area contributed by atoms with Gasteiger partial charge in [0.1, 0.15) is 5.69 Å². The molecule has 2 unspecified atom stereocenters. The minimum Gasteiger partial charge on any atom is -0.476 e. The van der Waals surface area contributed by atoms with E-state index < -0.39 is 0 Å².